The summed E-state index contributed by atoms with van der Waals surface area (Å²) in [6.07, 6.45) is -5.48. The number of benzene rings is 2. The summed E-state index contributed by atoms with van der Waals surface area (Å²) in [5.41, 5.74) is -0.563. The van der Waals surface area contributed by atoms with Crippen LogP contribution in [0.4, 0.5) is 18.9 Å². The van der Waals surface area contributed by atoms with Gasteiger partial charge in [0.05, 0.1) is 10.8 Å². The molecule has 2 aromatic rings. The average Bonchev–Trinajstić information content (AvgIpc) is 2.52. The summed E-state index contributed by atoms with van der Waals surface area (Å²) in [6.45, 7) is 0. The van der Waals surface area contributed by atoms with E-state index in [1.807, 2.05) is 0 Å². The molecule has 0 spiro atoms. The predicted octanol–water partition coefficient (Wildman–Crippen LogP) is 4.51. The van der Waals surface area contributed by atoms with Crippen molar-refractivity contribution in [1.29, 1.82) is 0 Å². The van der Waals surface area contributed by atoms with Crippen molar-refractivity contribution >= 4 is 11.5 Å². The summed E-state index contributed by atoms with van der Waals surface area (Å²) >= 11 is 0. The average molecular weight is 323 g/mol. The number of Topliss-reactive ketones (excluding diaryl/α,β-unsaturated/α-hetero) is 1. The van der Waals surface area contributed by atoms with E-state index in [-0.39, 0.29) is 11.1 Å². The van der Waals surface area contributed by atoms with Crippen molar-refractivity contribution in [3.63, 3.8) is 0 Å². The van der Waals surface area contributed by atoms with E-state index in [9.17, 15) is 28.1 Å². The summed E-state index contributed by atoms with van der Waals surface area (Å²) in [7, 11) is 0. The smallest absolute Gasteiger partial charge is 0.294 e. The van der Waals surface area contributed by atoms with E-state index in [2.05, 4.69) is 0 Å². The number of alkyl halides is 3. The van der Waals surface area contributed by atoms with Gasteiger partial charge in [-0.05, 0) is 5.56 Å². The Morgan fingerprint density at radius 3 is 2.30 bits per heavy atom. The summed E-state index contributed by atoms with van der Waals surface area (Å²) in [6, 6.07) is 11.9. The van der Waals surface area contributed by atoms with Crippen molar-refractivity contribution in [2.75, 3.05) is 0 Å². The van der Waals surface area contributed by atoms with Crippen molar-refractivity contribution in [3.8, 4) is 0 Å². The Morgan fingerprint density at radius 2 is 1.74 bits per heavy atom. The molecule has 2 rings (SSSR count). The Kier molecular flexibility index (Phi) is 4.78. The third-order valence-electron chi connectivity index (χ3n) is 3.36. The molecule has 0 aliphatic carbocycles. The second-order valence-corrected chi connectivity index (χ2v) is 4.94. The summed E-state index contributed by atoms with van der Waals surface area (Å²) in [5.74, 6) is -2.76. The van der Waals surface area contributed by atoms with Gasteiger partial charge in [-0.25, -0.2) is 0 Å². The first-order chi connectivity index (χ1) is 10.8. The topological polar surface area (TPSA) is 60.2 Å². The Hall–Kier alpha value is -2.70. The van der Waals surface area contributed by atoms with Crippen molar-refractivity contribution in [2.45, 2.75) is 18.5 Å². The number of nitro benzene ring substituents is 1. The molecule has 0 fully saturated rings. The lowest BCUT2D eigenvalue weighted by Gasteiger charge is -2.20. The van der Waals surface area contributed by atoms with Gasteiger partial charge in [0.2, 0.25) is 0 Å². The molecule has 23 heavy (non-hydrogen) atoms. The van der Waals surface area contributed by atoms with E-state index in [0.717, 1.165) is 18.2 Å². The van der Waals surface area contributed by atoms with Crippen molar-refractivity contribution in [3.05, 3.63) is 75.8 Å². The number of nitrogens with zero attached hydrogens (tertiary/aromatic N) is 1. The highest BCUT2D eigenvalue weighted by atomic mass is 19.4. The van der Waals surface area contributed by atoms with Gasteiger partial charge >= 0.3 is 6.18 Å². The Bertz CT molecular complexity index is 714. The first-order valence-corrected chi connectivity index (χ1v) is 6.68. The second kappa shape index (κ2) is 6.60. The van der Waals surface area contributed by atoms with Crippen LogP contribution in [0.15, 0.2) is 54.6 Å². The summed E-state index contributed by atoms with van der Waals surface area (Å²) < 4.78 is 39.9. The van der Waals surface area contributed by atoms with Crippen LogP contribution < -0.4 is 0 Å². The molecule has 1 unspecified atom stereocenters. The first-order valence-electron chi connectivity index (χ1n) is 6.68. The van der Waals surface area contributed by atoms with Gasteiger partial charge in [-0.3, -0.25) is 14.9 Å². The van der Waals surface area contributed by atoms with Crippen LogP contribution in [0.3, 0.4) is 0 Å². The standard InChI is InChI=1S/C16H12F3NO3/c17-16(18,19)14(10-15(21)11-5-2-1-3-6-11)12-7-4-8-13(9-12)20(22)23/h1-9,14H,10H2. The minimum atomic E-state index is -4.68. The van der Waals surface area contributed by atoms with Gasteiger partial charge < -0.3 is 0 Å². The second-order valence-electron chi connectivity index (χ2n) is 4.94. The maximum absolute atomic E-state index is 13.3. The first kappa shape index (κ1) is 16.7. The zero-order valence-corrected chi connectivity index (χ0v) is 11.8. The van der Waals surface area contributed by atoms with Crippen LogP contribution in [0.2, 0.25) is 0 Å². The van der Waals surface area contributed by atoms with Crippen LogP contribution in [0.5, 0.6) is 0 Å². The number of carbonyl (C=O) groups is 1. The molecule has 0 bridgehead atoms. The Morgan fingerprint density at radius 1 is 1.09 bits per heavy atom. The zero-order valence-electron chi connectivity index (χ0n) is 11.8. The van der Waals surface area contributed by atoms with Crippen LogP contribution in [0.25, 0.3) is 0 Å². The molecule has 4 nitrogen and oxygen atoms in total. The van der Waals surface area contributed by atoms with E-state index in [4.69, 9.17) is 0 Å². The molecule has 0 N–H and O–H groups in total. The van der Waals surface area contributed by atoms with Gasteiger partial charge in [-0.15, -0.1) is 0 Å². The van der Waals surface area contributed by atoms with Gasteiger partial charge in [0.15, 0.2) is 5.78 Å². The molecule has 0 aliphatic heterocycles. The van der Waals surface area contributed by atoms with Crippen LogP contribution in [-0.4, -0.2) is 16.9 Å². The fourth-order valence-corrected chi connectivity index (χ4v) is 2.20. The highest BCUT2D eigenvalue weighted by Crippen LogP contribution is 2.39. The molecule has 120 valence electrons. The van der Waals surface area contributed by atoms with E-state index >= 15 is 0 Å². The highest BCUT2D eigenvalue weighted by molar-refractivity contribution is 5.96. The molecule has 1 atom stereocenters. The fraction of sp³-hybridized carbons (Fsp3) is 0.188. The molecule has 0 aliphatic rings. The van der Waals surface area contributed by atoms with Crippen LogP contribution in [-0.2, 0) is 0 Å². The van der Waals surface area contributed by atoms with Gasteiger partial charge in [-0.1, -0.05) is 42.5 Å². The third kappa shape index (κ3) is 4.15. The number of non-ortho nitro benzene ring substituents is 1. The Balaban J connectivity index is 2.33. The number of hydrogen-bond acceptors (Lipinski definition) is 3. The molecule has 0 radical (unpaired) electrons. The van der Waals surface area contributed by atoms with Crippen LogP contribution >= 0.6 is 0 Å². The van der Waals surface area contributed by atoms with Gasteiger partial charge in [0.1, 0.15) is 0 Å². The minimum absolute atomic E-state index is 0.173. The lowest BCUT2D eigenvalue weighted by molar-refractivity contribution is -0.385. The molecule has 7 heteroatoms. The number of rotatable bonds is 5. The normalized spacial score (nSPS) is 12.7. The molecular formula is C16H12F3NO3. The van der Waals surface area contributed by atoms with Crippen LogP contribution in [0, 0.1) is 10.1 Å². The number of carbonyl (C=O) groups excluding carboxylic acids is 1. The number of ketones is 1. The van der Waals surface area contributed by atoms with Gasteiger partial charge in [0.25, 0.3) is 5.69 Å². The quantitative estimate of drug-likeness (QED) is 0.462. The lowest BCUT2D eigenvalue weighted by atomic mass is 9.90. The van der Waals surface area contributed by atoms with Gasteiger partial charge in [0, 0.05) is 24.1 Å². The largest absolute Gasteiger partial charge is 0.396 e. The van der Waals surface area contributed by atoms with E-state index < -0.39 is 34.9 Å². The zero-order chi connectivity index (χ0) is 17.0. The van der Waals surface area contributed by atoms with E-state index in [0.29, 0.717) is 0 Å². The van der Waals surface area contributed by atoms with E-state index in [1.54, 1.807) is 18.2 Å². The number of nitro groups is 1. The number of halogens is 3. The van der Waals surface area contributed by atoms with Crippen LogP contribution in [0.1, 0.15) is 28.3 Å². The molecular weight excluding hydrogens is 311 g/mol. The third-order valence-corrected chi connectivity index (χ3v) is 3.36. The maximum atomic E-state index is 13.3. The van der Waals surface area contributed by atoms with Crippen molar-refractivity contribution < 1.29 is 22.9 Å². The van der Waals surface area contributed by atoms with E-state index in [1.165, 1.54) is 18.2 Å². The molecule has 0 heterocycles. The molecule has 0 aromatic heterocycles. The molecule has 0 amide bonds. The Labute approximate surface area is 129 Å². The number of hydrogen-bond donors (Lipinski definition) is 0. The monoisotopic (exact) mass is 323 g/mol. The van der Waals surface area contributed by atoms with Crippen molar-refractivity contribution in [1.82, 2.24) is 0 Å². The SMILES string of the molecule is O=C(CC(c1cccc([N+](=O)[O-])c1)C(F)(F)F)c1ccccc1. The van der Waals surface area contributed by atoms with Crippen molar-refractivity contribution in [2.24, 2.45) is 0 Å². The molecule has 0 saturated carbocycles. The highest BCUT2D eigenvalue weighted by Gasteiger charge is 2.42. The fourth-order valence-electron chi connectivity index (χ4n) is 2.20. The van der Waals surface area contributed by atoms with Gasteiger partial charge in [-0.2, -0.15) is 13.2 Å². The maximum Gasteiger partial charge on any atom is 0.396 e. The predicted molar refractivity (Wildman–Crippen MR) is 77.3 cm³/mol. The molecule has 2 aromatic carbocycles. The summed E-state index contributed by atoms with van der Waals surface area (Å²) in [5, 5.41) is 10.7. The molecule has 0 saturated heterocycles. The lowest BCUT2D eigenvalue weighted by Crippen LogP contribution is -2.24. The minimum Gasteiger partial charge on any atom is -0.294 e. The summed E-state index contributed by atoms with van der Waals surface area (Å²) in [4.78, 5) is 22.0.